The zero-order valence-electron chi connectivity index (χ0n) is 10.9. The van der Waals surface area contributed by atoms with Crippen LogP contribution in [-0.4, -0.2) is 22.5 Å². The number of nitrogens with zero attached hydrogens (tertiary/aromatic N) is 1. The molecule has 0 fully saturated rings. The third kappa shape index (κ3) is 5.79. The molecule has 1 atom stereocenters. The lowest BCUT2D eigenvalue weighted by molar-refractivity contribution is -0.120. The molecule has 96 valence electrons. The minimum atomic E-state index is -0.180. The van der Waals surface area contributed by atoms with Crippen LogP contribution in [0.5, 0.6) is 0 Å². The van der Waals surface area contributed by atoms with E-state index in [1.165, 1.54) is 0 Å². The monoisotopic (exact) mass is 255 g/mol. The molecule has 0 saturated carbocycles. The third-order valence-corrected chi connectivity index (χ3v) is 3.08. The van der Waals surface area contributed by atoms with Crippen LogP contribution in [0.3, 0.4) is 0 Å². The quantitative estimate of drug-likeness (QED) is 0.816. The van der Waals surface area contributed by atoms with Gasteiger partial charge in [0.25, 0.3) is 0 Å². The Hall–Kier alpha value is -0.940. The summed E-state index contributed by atoms with van der Waals surface area (Å²) in [6.07, 6.45) is 0.886. The number of nitrogens with one attached hydrogen (secondary N) is 2. The number of carbonyl (C=O) groups excluding carboxylic acids is 1. The summed E-state index contributed by atoms with van der Waals surface area (Å²) < 4.78 is 0. The molecule has 0 aliphatic heterocycles. The number of hydrogen-bond acceptors (Lipinski definition) is 4. The number of carbonyl (C=O) groups is 1. The summed E-state index contributed by atoms with van der Waals surface area (Å²) in [5.74, 6) is 0.0155. The van der Waals surface area contributed by atoms with Crippen molar-refractivity contribution in [3.05, 3.63) is 16.6 Å². The lowest BCUT2D eigenvalue weighted by Crippen LogP contribution is -2.46. The van der Waals surface area contributed by atoms with Gasteiger partial charge in [-0.05, 0) is 27.2 Å². The fourth-order valence-electron chi connectivity index (χ4n) is 1.97. The first-order valence-electron chi connectivity index (χ1n) is 5.78. The van der Waals surface area contributed by atoms with Crippen molar-refractivity contribution < 1.29 is 4.79 Å². The van der Waals surface area contributed by atoms with Crippen LogP contribution >= 0.6 is 11.3 Å². The van der Waals surface area contributed by atoms with Gasteiger partial charge in [-0.15, -0.1) is 11.3 Å². The Morgan fingerprint density at radius 1 is 1.59 bits per heavy atom. The molecule has 0 saturated heterocycles. The first-order valence-corrected chi connectivity index (χ1v) is 6.72. The Kier molecular flexibility index (Phi) is 5.08. The van der Waals surface area contributed by atoms with E-state index in [-0.39, 0.29) is 11.4 Å². The predicted molar refractivity (Wildman–Crippen MR) is 70.9 cm³/mol. The van der Waals surface area contributed by atoms with Gasteiger partial charge in [0.15, 0.2) is 0 Å². The Labute approximate surface area is 107 Å². The van der Waals surface area contributed by atoms with Gasteiger partial charge in [-0.1, -0.05) is 0 Å². The molecule has 0 spiro atoms. The van der Waals surface area contributed by atoms with Crippen LogP contribution < -0.4 is 10.6 Å². The van der Waals surface area contributed by atoms with Crippen LogP contribution in [0.25, 0.3) is 0 Å². The Morgan fingerprint density at radius 3 is 2.82 bits per heavy atom. The van der Waals surface area contributed by atoms with Gasteiger partial charge in [-0.2, -0.15) is 0 Å². The Bertz CT molecular complexity index is 349. The molecule has 17 heavy (non-hydrogen) atoms. The van der Waals surface area contributed by atoms with E-state index in [2.05, 4.69) is 22.5 Å². The maximum atomic E-state index is 11.0. The van der Waals surface area contributed by atoms with Gasteiger partial charge >= 0.3 is 0 Å². The number of hydrogen-bond donors (Lipinski definition) is 2. The molecular weight excluding hydrogens is 234 g/mol. The molecule has 1 rings (SSSR count). The van der Waals surface area contributed by atoms with Gasteiger partial charge in [-0.3, -0.25) is 4.79 Å². The predicted octanol–water partition coefficient (Wildman–Crippen LogP) is 1.93. The van der Waals surface area contributed by atoms with Gasteiger partial charge in [0.05, 0.1) is 11.2 Å². The van der Waals surface area contributed by atoms with E-state index in [4.69, 9.17) is 0 Å². The van der Waals surface area contributed by atoms with Crippen molar-refractivity contribution in [1.29, 1.82) is 0 Å². The van der Waals surface area contributed by atoms with Crippen molar-refractivity contribution in [3.8, 4) is 0 Å². The van der Waals surface area contributed by atoms with Crippen molar-refractivity contribution in [1.82, 2.24) is 15.6 Å². The number of amides is 1. The van der Waals surface area contributed by atoms with Gasteiger partial charge < -0.3 is 10.6 Å². The van der Waals surface area contributed by atoms with E-state index in [9.17, 15) is 4.79 Å². The molecule has 1 heterocycles. The van der Waals surface area contributed by atoms with Crippen molar-refractivity contribution in [2.45, 2.75) is 52.2 Å². The third-order valence-electron chi connectivity index (χ3n) is 2.45. The molecule has 0 radical (unpaired) electrons. The number of aromatic nitrogens is 1. The van der Waals surface area contributed by atoms with Crippen LogP contribution in [-0.2, 0) is 11.3 Å². The van der Waals surface area contributed by atoms with Crippen LogP contribution in [0.15, 0.2) is 10.9 Å². The fourth-order valence-corrected chi connectivity index (χ4v) is 2.53. The molecule has 0 aliphatic carbocycles. The van der Waals surface area contributed by atoms with Gasteiger partial charge in [-0.25, -0.2) is 4.98 Å². The minimum Gasteiger partial charge on any atom is -0.351 e. The molecule has 0 aromatic carbocycles. The second-order valence-electron chi connectivity index (χ2n) is 5.03. The second-order valence-corrected chi connectivity index (χ2v) is 5.75. The standard InChI is InChI=1S/C12H21N3OS/c1-9(5-12(3,4)15-10(2)16)13-6-11-7-17-8-14-11/h7-9,13H,5-6H2,1-4H3,(H,15,16)/t9-/m1/s1. The maximum absolute atomic E-state index is 11.0. The van der Waals surface area contributed by atoms with Crippen LogP contribution in [0.1, 0.15) is 39.8 Å². The average Bonchev–Trinajstić information content (AvgIpc) is 2.63. The van der Waals surface area contributed by atoms with Crippen LogP contribution in [0.2, 0.25) is 0 Å². The van der Waals surface area contributed by atoms with E-state index in [0.29, 0.717) is 6.04 Å². The molecule has 5 heteroatoms. The second kappa shape index (κ2) is 6.12. The van der Waals surface area contributed by atoms with Gasteiger partial charge in [0.1, 0.15) is 0 Å². The first kappa shape index (κ1) is 14.1. The summed E-state index contributed by atoms with van der Waals surface area (Å²) in [5.41, 5.74) is 2.72. The summed E-state index contributed by atoms with van der Waals surface area (Å²) >= 11 is 1.60. The SMILES string of the molecule is CC(=O)NC(C)(C)C[C@@H](C)NCc1cscn1. The molecular formula is C12H21N3OS. The van der Waals surface area contributed by atoms with Crippen LogP contribution in [0.4, 0.5) is 0 Å². The largest absolute Gasteiger partial charge is 0.351 e. The normalized spacial score (nSPS) is 13.4. The van der Waals surface area contributed by atoms with Crippen molar-refractivity contribution in [3.63, 3.8) is 0 Å². The van der Waals surface area contributed by atoms with E-state index in [0.717, 1.165) is 18.7 Å². The van der Waals surface area contributed by atoms with Gasteiger partial charge in [0, 0.05) is 30.4 Å². The maximum Gasteiger partial charge on any atom is 0.217 e. The summed E-state index contributed by atoms with van der Waals surface area (Å²) in [5, 5.41) is 8.40. The molecule has 0 unspecified atom stereocenters. The summed E-state index contributed by atoms with van der Waals surface area (Å²) in [4.78, 5) is 15.3. The first-order chi connectivity index (χ1) is 7.89. The summed E-state index contributed by atoms with van der Waals surface area (Å²) in [6.45, 7) is 8.52. The van der Waals surface area contributed by atoms with E-state index in [1.54, 1.807) is 18.3 Å². The summed E-state index contributed by atoms with van der Waals surface area (Å²) in [7, 11) is 0. The number of thiazole rings is 1. The highest BCUT2D eigenvalue weighted by Crippen LogP contribution is 2.12. The lowest BCUT2D eigenvalue weighted by Gasteiger charge is -2.29. The zero-order valence-corrected chi connectivity index (χ0v) is 11.7. The van der Waals surface area contributed by atoms with Crippen molar-refractivity contribution >= 4 is 17.2 Å². The highest BCUT2D eigenvalue weighted by atomic mass is 32.1. The Balaban J connectivity index is 2.33. The zero-order chi connectivity index (χ0) is 12.9. The highest BCUT2D eigenvalue weighted by Gasteiger charge is 2.21. The Morgan fingerprint density at radius 2 is 2.29 bits per heavy atom. The minimum absolute atomic E-state index is 0.0155. The number of rotatable bonds is 6. The fraction of sp³-hybridized carbons (Fsp3) is 0.667. The van der Waals surface area contributed by atoms with E-state index >= 15 is 0 Å². The summed E-state index contributed by atoms with van der Waals surface area (Å²) in [6, 6.07) is 0.332. The van der Waals surface area contributed by atoms with E-state index in [1.807, 2.05) is 24.7 Å². The highest BCUT2D eigenvalue weighted by molar-refractivity contribution is 7.07. The molecule has 2 N–H and O–H groups in total. The molecule has 4 nitrogen and oxygen atoms in total. The van der Waals surface area contributed by atoms with Crippen molar-refractivity contribution in [2.75, 3.05) is 0 Å². The molecule has 1 aromatic heterocycles. The van der Waals surface area contributed by atoms with E-state index < -0.39 is 0 Å². The topological polar surface area (TPSA) is 54.0 Å². The molecule has 1 aromatic rings. The average molecular weight is 255 g/mol. The van der Waals surface area contributed by atoms with Crippen molar-refractivity contribution in [2.24, 2.45) is 0 Å². The van der Waals surface area contributed by atoms with Gasteiger partial charge in [0.2, 0.25) is 5.91 Å². The van der Waals surface area contributed by atoms with Crippen LogP contribution in [0, 0.1) is 0 Å². The smallest absolute Gasteiger partial charge is 0.217 e. The molecule has 0 aliphatic rings. The molecule has 0 bridgehead atoms. The lowest BCUT2D eigenvalue weighted by atomic mass is 9.96. The molecule has 1 amide bonds.